The van der Waals surface area contributed by atoms with Crippen molar-refractivity contribution in [1.82, 2.24) is 9.97 Å². The minimum atomic E-state index is -3.71. The minimum Gasteiger partial charge on any atom is -0.388 e. The summed E-state index contributed by atoms with van der Waals surface area (Å²) in [6.07, 6.45) is 4.25. The van der Waals surface area contributed by atoms with Crippen molar-refractivity contribution in [3.63, 3.8) is 0 Å². The van der Waals surface area contributed by atoms with Crippen LogP contribution in [0.4, 0.5) is 5.69 Å². The van der Waals surface area contributed by atoms with Gasteiger partial charge in [-0.05, 0) is 30.7 Å². The maximum absolute atomic E-state index is 12.2. The summed E-state index contributed by atoms with van der Waals surface area (Å²) in [7, 11) is -3.71. The van der Waals surface area contributed by atoms with E-state index in [1.54, 1.807) is 19.2 Å². The maximum Gasteiger partial charge on any atom is 0.263 e. The van der Waals surface area contributed by atoms with E-state index in [0.717, 1.165) is 5.56 Å². The Kier molecular flexibility index (Phi) is 3.96. The molecule has 0 aliphatic carbocycles. The third-order valence-electron chi connectivity index (χ3n) is 2.58. The maximum atomic E-state index is 12.2. The Hall–Kier alpha value is -2.06. The van der Waals surface area contributed by atoms with Crippen molar-refractivity contribution in [1.29, 1.82) is 0 Å². The van der Waals surface area contributed by atoms with Crippen LogP contribution in [-0.4, -0.2) is 23.4 Å². The van der Waals surface area contributed by atoms with Gasteiger partial charge in [0.15, 0.2) is 0 Å². The van der Waals surface area contributed by atoms with Gasteiger partial charge in [0, 0.05) is 12.4 Å². The zero-order valence-corrected chi connectivity index (χ0v) is 12.2. The number of nitrogens with two attached hydrogens (primary N) is 1. The molecule has 20 heavy (non-hydrogen) atoms. The van der Waals surface area contributed by atoms with Gasteiger partial charge in [0.25, 0.3) is 10.0 Å². The molecular formula is C12H12N4O2S2. The number of hydrogen-bond acceptors (Lipinski definition) is 5. The van der Waals surface area contributed by atoms with Crippen LogP contribution < -0.4 is 10.5 Å². The first-order chi connectivity index (χ1) is 9.40. The molecule has 8 heteroatoms. The molecule has 0 spiro atoms. The second kappa shape index (κ2) is 5.51. The second-order valence-corrected chi connectivity index (χ2v) is 6.16. The van der Waals surface area contributed by atoms with E-state index in [4.69, 9.17) is 18.0 Å². The van der Waals surface area contributed by atoms with Gasteiger partial charge >= 0.3 is 0 Å². The molecule has 0 saturated carbocycles. The molecule has 2 aromatic rings. The number of hydrogen-bond donors (Lipinski definition) is 2. The number of aryl methyl sites for hydroxylation is 1. The smallest absolute Gasteiger partial charge is 0.263 e. The van der Waals surface area contributed by atoms with Crippen molar-refractivity contribution < 1.29 is 8.42 Å². The van der Waals surface area contributed by atoms with Gasteiger partial charge in [0.1, 0.15) is 9.88 Å². The summed E-state index contributed by atoms with van der Waals surface area (Å²) in [5.74, 6) is 0. The van der Waals surface area contributed by atoms with Gasteiger partial charge in [0.2, 0.25) is 0 Å². The van der Waals surface area contributed by atoms with Crippen molar-refractivity contribution in [3.05, 3.63) is 48.0 Å². The Labute approximate surface area is 122 Å². The number of anilines is 1. The molecule has 0 atom stereocenters. The fourth-order valence-corrected chi connectivity index (χ4v) is 2.64. The lowest BCUT2D eigenvalue weighted by Crippen LogP contribution is -2.16. The third kappa shape index (κ3) is 3.09. The van der Waals surface area contributed by atoms with Gasteiger partial charge in [-0.15, -0.1) is 0 Å². The van der Waals surface area contributed by atoms with Crippen molar-refractivity contribution in [2.45, 2.75) is 11.8 Å². The molecular weight excluding hydrogens is 296 g/mol. The van der Waals surface area contributed by atoms with Gasteiger partial charge in [-0.2, -0.15) is 0 Å². The first-order valence-electron chi connectivity index (χ1n) is 5.59. The van der Waals surface area contributed by atoms with E-state index in [2.05, 4.69) is 14.7 Å². The molecule has 6 nitrogen and oxygen atoms in total. The van der Waals surface area contributed by atoms with E-state index in [0.29, 0.717) is 11.4 Å². The molecule has 0 saturated heterocycles. The Morgan fingerprint density at radius 2 is 2.05 bits per heavy atom. The predicted molar refractivity (Wildman–Crippen MR) is 79.9 cm³/mol. The van der Waals surface area contributed by atoms with Crippen molar-refractivity contribution >= 4 is 32.9 Å². The lowest BCUT2D eigenvalue weighted by atomic mass is 10.3. The Balaban J connectivity index is 2.31. The molecule has 0 aliphatic rings. The molecule has 2 aromatic heterocycles. The van der Waals surface area contributed by atoms with E-state index in [-0.39, 0.29) is 9.88 Å². The highest BCUT2D eigenvalue weighted by atomic mass is 32.2. The highest BCUT2D eigenvalue weighted by Gasteiger charge is 2.16. The highest BCUT2D eigenvalue weighted by molar-refractivity contribution is 7.92. The number of thiocarbonyl (C=S) groups is 1. The number of sulfonamides is 1. The highest BCUT2D eigenvalue weighted by Crippen LogP contribution is 2.17. The summed E-state index contributed by atoms with van der Waals surface area (Å²) < 4.78 is 26.8. The van der Waals surface area contributed by atoms with Crippen molar-refractivity contribution in [3.8, 4) is 0 Å². The molecule has 2 rings (SSSR count). The number of nitrogens with one attached hydrogen (secondary N) is 1. The molecule has 0 fully saturated rings. The fraction of sp³-hybridized carbons (Fsp3) is 0.0833. The zero-order chi connectivity index (χ0) is 14.8. The van der Waals surface area contributed by atoms with Gasteiger partial charge in [-0.3, -0.25) is 14.7 Å². The summed E-state index contributed by atoms with van der Waals surface area (Å²) >= 11 is 4.76. The van der Waals surface area contributed by atoms with Crippen molar-refractivity contribution in [2.75, 3.05) is 4.72 Å². The average molecular weight is 308 g/mol. The molecule has 104 valence electrons. The number of aromatic nitrogens is 2. The van der Waals surface area contributed by atoms with Crippen LogP contribution in [0.2, 0.25) is 0 Å². The molecule has 3 N–H and O–H groups in total. The van der Waals surface area contributed by atoms with E-state index in [9.17, 15) is 8.42 Å². The number of rotatable bonds is 4. The monoisotopic (exact) mass is 308 g/mol. The van der Waals surface area contributed by atoms with Crippen LogP contribution in [-0.2, 0) is 10.0 Å². The topological polar surface area (TPSA) is 98.0 Å². The van der Waals surface area contributed by atoms with Crippen LogP contribution >= 0.6 is 12.2 Å². The van der Waals surface area contributed by atoms with Gasteiger partial charge in [0.05, 0.1) is 17.6 Å². The molecule has 0 amide bonds. The Morgan fingerprint density at radius 3 is 2.60 bits per heavy atom. The fourth-order valence-electron chi connectivity index (χ4n) is 1.46. The summed E-state index contributed by atoms with van der Waals surface area (Å²) in [5, 5.41) is 0. The third-order valence-corrected chi connectivity index (χ3v) is 4.14. The van der Waals surface area contributed by atoms with Crippen LogP contribution in [0.15, 0.2) is 41.7 Å². The minimum absolute atomic E-state index is 0.0285. The Morgan fingerprint density at radius 1 is 1.30 bits per heavy atom. The molecule has 0 radical (unpaired) electrons. The average Bonchev–Trinajstić information content (AvgIpc) is 2.41. The van der Waals surface area contributed by atoms with Crippen LogP contribution in [0.25, 0.3) is 0 Å². The van der Waals surface area contributed by atoms with Gasteiger partial charge in [-0.25, -0.2) is 8.42 Å². The molecule has 0 unspecified atom stereocenters. The number of pyridine rings is 2. The predicted octanol–water partition coefficient (Wildman–Crippen LogP) is 1.22. The molecule has 0 aliphatic heterocycles. The summed E-state index contributed by atoms with van der Waals surface area (Å²) in [6, 6.07) is 4.58. The SMILES string of the molecule is Cc1ccncc1NS(=O)(=O)c1ccc(C(N)=S)nc1. The first-order valence-corrected chi connectivity index (χ1v) is 7.48. The normalized spacial score (nSPS) is 11.1. The number of nitrogens with zero attached hydrogens (tertiary/aromatic N) is 2. The van der Waals surface area contributed by atoms with E-state index in [1.165, 1.54) is 24.5 Å². The second-order valence-electron chi connectivity index (χ2n) is 4.04. The zero-order valence-electron chi connectivity index (χ0n) is 10.6. The van der Waals surface area contributed by atoms with Crippen LogP contribution in [0.1, 0.15) is 11.3 Å². The van der Waals surface area contributed by atoms with Gasteiger partial charge < -0.3 is 5.73 Å². The molecule has 0 aromatic carbocycles. The lowest BCUT2D eigenvalue weighted by Gasteiger charge is -2.09. The molecule has 2 heterocycles. The summed E-state index contributed by atoms with van der Waals surface area (Å²) in [4.78, 5) is 7.94. The van der Waals surface area contributed by atoms with Crippen LogP contribution in [0, 0.1) is 6.92 Å². The Bertz CT molecular complexity index is 742. The summed E-state index contributed by atoms with van der Waals surface area (Å²) in [6.45, 7) is 1.79. The standard InChI is InChI=1S/C12H12N4O2S2/c1-8-4-5-14-7-11(8)16-20(17,18)9-2-3-10(12(13)19)15-6-9/h2-7,16H,1H3,(H2,13,19). The van der Waals surface area contributed by atoms with E-state index in [1.807, 2.05) is 0 Å². The van der Waals surface area contributed by atoms with E-state index >= 15 is 0 Å². The largest absolute Gasteiger partial charge is 0.388 e. The quantitative estimate of drug-likeness (QED) is 0.824. The van der Waals surface area contributed by atoms with E-state index < -0.39 is 10.0 Å². The lowest BCUT2D eigenvalue weighted by molar-refractivity contribution is 0.600. The van der Waals surface area contributed by atoms with Crippen LogP contribution in [0.5, 0.6) is 0 Å². The first kappa shape index (κ1) is 14.4. The van der Waals surface area contributed by atoms with Crippen molar-refractivity contribution in [2.24, 2.45) is 5.73 Å². The van der Waals surface area contributed by atoms with Gasteiger partial charge in [-0.1, -0.05) is 12.2 Å². The van der Waals surface area contributed by atoms with Crippen LogP contribution in [0.3, 0.4) is 0 Å². The summed E-state index contributed by atoms with van der Waals surface area (Å²) in [5.41, 5.74) is 6.98. The molecule has 0 bridgehead atoms.